The zero-order valence-electron chi connectivity index (χ0n) is 44.2. The van der Waals surface area contributed by atoms with Gasteiger partial charge in [0.1, 0.15) is 0 Å². The first-order chi connectivity index (χ1) is 31.1. The fourth-order valence-electron chi connectivity index (χ4n) is 14.9. The van der Waals surface area contributed by atoms with Crippen LogP contribution in [0.15, 0.2) is 78.4 Å². The molecule has 0 saturated heterocycles. The molecular weight excluding hydrogens is 828 g/mol. The molecule has 4 heteroatoms. The van der Waals surface area contributed by atoms with E-state index in [4.69, 9.17) is 0 Å². The number of fused-ring (bicyclic) bond motifs is 8. The minimum Gasteiger partial charge on any atom is -0.338 e. The van der Waals surface area contributed by atoms with Crippen molar-refractivity contribution in [2.45, 2.75) is 200 Å². The molecule has 1 aromatic heterocycles. The highest BCUT2D eigenvalue weighted by Crippen LogP contribution is 2.74. The van der Waals surface area contributed by atoms with Crippen molar-refractivity contribution in [2.24, 2.45) is 11.3 Å². The zero-order valence-corrected chi connectivity index (χ0v) is 45.0. The Kier molecular flexibility index (Phi) is 8.73. The third kappa shape index (κ3) is 5.93. The molecule has 3 heterocycles. The summed E-state index contributed by atoms with van der Waals surface area (Å²) in [7, 11) is 0. The molecular formula is C63H77BN2S. The van der Waals surface area contributed by atoms with Crippen LogP contribution >= 0.6 is 11.3 Å². The van der Waals surface area contributed by atoms with Gasteiger partial charge in [-0.3, -0.25) is 0 Å². The first-order valence-corrected chi connectivity index (χ1v) is 27.0. The Morgan fingerprint density at radius 3 is 1.70 bits per heavy atom. The Hall–Kier alpha value is -4.02. The Bertz CT molecular complexity index is 3080. The van der Waals surface area contributed by atoms with Gasteiger partial charge in [0, 0.05) is 54.9 Å². The summed E-state index contributed by atoms with van der Waals surface area (Å²) < 4.78 is 3.03. The highest BCUT2D eigenvalue weighted by atomic mass is 32.1. The van der Waals surface area contributed by atoms with Crippen LogP contribution in [0.3, 0.4) is 0 Å². The Morgan fingerprint density at radius 2 is 1.10 bits per heavy atom. The van der Waals surface area contributed by atoms with Gasteiger partial charge in [0.2, 0.25) is 6.71 Å². The average molecular weight is 905 g/mol. The number of benzene rings is 4. The molecule has 348 valence electrons. The molecule has 1 spiro atoms. The second-order valence-corrected chi connectivity index (χ2v) is 29.0. The van der Waals surface area contributed by atoms with Gasteiger partial charge in [0.25, 0.3) is 0 Å². The van der Waals surface area contributed by atoms with Crippen molar-refractivity contribution >= 4 is 66.8 Å². The lowest BCUT2D eigenvalue weighted by molar-refractivity contribution is 0.332. The van der Waals surface area contributed by atoms with E-state index in [1.807, 2.05) is 0 Å². The zero-order chi connectivity index (χ0) is 47.7. The van der Waals surface area contributed by atoms with Crippen molar-refractivity contribution in [3.63, 3.8) is 0 Å². The summed E-state index contributed by atoms with van der Waals surface area (Å²) in [4.78, 5) is 5.71. The molecule has 5 aliphatic carbocycles. The van der Waals surface area contributed by atoms with E-state index in [1.54, 1.807) is 27.0 Å². The number of aryl methyl sites for hydroxylation is 2. The summed E-state index contributed by atoms with van der Waals surface area (Å²) in [5.41, 5.74) is 22.8. The molecule has 2 nitrogen and oxygen atoms in total. The fourth-order valence-corrected chi connectivity index (χ4v) is 16.3. The summed E-state index contributed by atoms with van der Waals surface area (Å²) >= 11 is 2.14. The normalized spacial score (nSPS) is 26.9. The summed E-state index contributed by atoms with van der Waals surface area (Å²) in [5.74, 6) is 0.395. The highest BCUT2D eigenvalue weighted by molar-refractivity contribution is 7.32. The predicted molar refractivity (Wildman–Crippen MR) is 292 cm³/mol. The van der Waals surface area contributed by atoms with Gasteiger partial charge in [-0.15, -0.1) is 11.3 Å². The van der Waals surface area contributed by atoms with E-state index < -0.39 is 0 Å². The molecule has 0 radical (unpaired) electrons. The maximum atomic E-state index is 2.91. The number of nitrogens with zero attached hydrogens (tertiary/aromatic N) is 2. The largest absolute Gasteiger partial charge is 0.338 e. The number of hydrogen-bond donors (Lipinski definition) is 0. The predicted octanol–water partition coefficient (Wildman–Crippen LogP) is 16.4. The van der Waals surface area contributed by atoms with Crippen LogP contribution in [0.5, 0.6) is 0 Å². The van der Waals surface area contributed by atoms with Crippen LogP contribution in [0.1, 0.15) is 187 Å². The third-order valence-corrected chi connectivity index (χ3v) is 20.8. The first-order valence-electron chi connectivity index (χ1n) is 26.2. The molecule has 1 saturated carbocycles. The van der Waals surface area contributed by atoms with Crippen LogP contribution in [0.2, 0.25) is 5.31 Å². The fraction of sp³-hybridized carbons (Fsp3) is 0.524. The monoisotopic (exact) mass is 905 g/mol. The van der Waals surface area contributed by atoms with Crippen molar-refractivity contribution < 1.29 is 0 Å². The summed E-state index contributed by atoms with van der Waals surface area (Å²) in [6.07, 6.45) is 15.3. The number of anilines is 5. The van der Waals surface area contributed by atoms with Crippen molar-refractivity contribution in [1.82, 2.24) is 0 Å². The van der Waals surface area contributed by atoms with E-state index in [2.05, 4.69) is 212 Å². The van der Waals surface area contributed by atoms with Crippen molar-refractivity contribution in [1.29, 1.82) is 0 Å². The van der Waals surface area contributed by atoms with E-state index in [9.17, 15) is 0 Å². The van der Waals surface area contributed by atoms with E-state index in [-0.39, 0.29) is 49.9 Å². The topological polar surface area (TPSA) is 6.48 Å². The summed E-state index contributed by atoms with van der Waals surface area (Å²) in [6, 6.07) is 23.8. The summed E-state index contributed by atoms with van der Waals surface area (Å²) in [5, 5.41) is 1.36. The lowest BCUT2D eigenvalue weighted by Crippen LogP contribution is -2.58. The second kappa shape index (κ2) is 13.2. The maximum Gasteiger partial charge on any atom is 0.243 e. The minimum absolute atomic E-state index is 0.0333. The van der Waals surface area contributed by atoms with Crippen molar-refractivity contribution in [3.8, 4) is 0 Å². The van der Waals surface area contributed by atoms with E-state index in [0.717, 1.165) is 0 Å². The van der Waals surface area contributed by atoms with Gasteiger partial charge in [0.05, 0.1) is 5.69 Å². The van der Waals surface area contributed by atoms with Crippen LogP contribution in [-0.2, 0) is 32.5 Å². The molecule has 3 unspecified atom stereocenters. The van der Waals surface area contributed by atoms with E-state index in [1.165, 1.54) is 110 Å². The molecule has 12 rings (SSSR count). The number of hydrogen-bond acceptors (Lipinski definition) is 3. The van der Waals surface area contributed by atoms with E-state index >= 15 is 0 Å². The van der Waals surface area contributed by atoms with Gasteiger partial charge >= 0.3 is 0 Å². The van der Waals surface area contributed by atoms with Crippen molar-refractivity contribution in [2.75, 3.05) is 9.80 Å². The first kappa shape index (κ1) is 44.2. The molecule has 0 bridgehead atoms. The standard InChI is InChI=1S/C63H77BN2S/c1-36-28-49-52-50(29-36)66(48-33-46-43(30-37(48)2)58(8,9)24-26-61(46,14)15)54-42-20-18-38(56(3,4)5)35-63(42,54)64(52)55-53(40-32-45-47(34-51(40)67-55)62(16,17)27-25-60(45,12)13)65(49)39-19-21-41-44(31-39)59(10,11)23-22-57(41,6)7/h18-21,28-35,42,54H,22-27H2,1-17H3. The maximum absolute atomic E-state index is 2.91. The second-order valence-electron chi connectivity index (χ2n) is 28.0. The van der Waals surface area contributed by atoms with Crippen LogP contribution in [0.25, 0.3) is 10.1 Å². The Morgan fingerprint density at radius 1 is 0.582 bits per heavy atom. The smallest absolute Gasteiger partial charge is 0.243 e. The molecule has 1 fully saturated rings. The Balaban J connectivity index is 1.20. The minimum atomic E-state index is -0.0900. The third-order valence-electron chi connectivity index (χ3n) is 19.6. The number of thiophene rings is 1. The summed E-state index contributed by atoms with van der Waals surface area (Å²) in [6.45, 7) is 42.2. The van der Waals surface area contributed by atoms with Gasteiger partial charge in [-0.2, -0.15) is 0 Å². The van der Waals surface area contributed by atoms with Crippen LogP contribution in [-0.4, -0.2) is 12.8 Å². The molecule has 5 aromatic rings. The van der Waals surface area contributed by atoms with Crippen molar-refractivity contribution in [3.05, 3.63) is 123 Å². The van der Waals surface area contributed by atoms with E-state index in [0.29, 0.717) is 12.0 Å². The molecule has 2 aliphatic heterocycles. The molecule has 3 atom stereocenters. The van der Waals surface area contributed by atoms with Crippen LogP contribution in [0, 0.1) is 25.2 Å². The van der Waals surface area contributed by atoms with Crippen LogP contribution < -0.4 is 20.0 Å². The van der Waals surface area contributed by atoms with Gasteiger partial charge in [-0.05, 0) is 188 Å². The molecule has 0 N–H and O–H groups in total. The highest BCUT2D eigenvalue weighted by Gasteiger charge is 2.75. The number of allylic oxidation sites excluding steroid dienone is 2. The average Bonchev–Trinajstić information content (AvgIpc) is 3.78. The van der Waals surface area contributed by atoms with Gasteiger partial charge in [0.15, 0.2) is 0 Å². The Labute approximate surface area is 408 Å². The quantitative estimate of drug-likeness (QED) is 0.163. The molecule has 7 aliphatic rings. The lowest BCUT2D eigenvalue weighted by atomic mass is 9.30. The van der Waals surface area contributed by atoms with Gasteiger partial charge in [-0.1, -0.05) is 134 Å². The molecule has 4 aromatic carbocycles. The molecule has 0 amide bonds. The lowest BCUT2D eigenvalue weighted by Gasteiger charge is -2.47. The van der Waals surface area contributed by atoms with Gasteiger partial charge in [-0.25, -0.2) is 0 Å². The molecule has 67 heavy (non-hydrogen) atoms. The van der Waals surface area contributed by atoms with Gasteiger partial charge < -0.3 is 9.80 Å². The number of rotatable bonds is 2. The SMILES string of the molecule is Cc1cc2c3c(c1)N(c1cc4c(cc1C)C(C)(C)CCC4(C)C)C1C4C=CC(C(C)(C)C)=CC41B3c1sc3cc4c(cc3c1N2c1ccc2c(c1)C(C)(C)CCC2(C)C)C(C)(C)CCC4(C)C. The van der Waals surface area contributed by atoms with Crippen LogP contribution in [0.4, 0.5) is 28.4 Å².